The lowest BCUT2D eigenvalue weighted by atomic mass is 10.0. The number of rotatable bonds is 7. The quantitative estimate of drug-likeness (QED) is 0.566. The van der Waals surface area contributed by atoms with Crippen LogP contribution < -0.4 is 0 Å². The first-order valence-corrected chi connectivity index (χ1v) is 5.09. The summed E-state index contributed by atoms with van der Waals surface area (Å²) in [5.74, 6) is -2.17. The number of hydrogen-bond acceptors (Lipinski definition) is 4. The molecule has 0 amide bonds. The van der Waals surface area contributed by atoms with Crippen molar-refractivity contribution in [3.8, 4) is 0 Å². The fraction of sp³-hybridized carbons (Fsp3) is 0.800. The molecule has 0 aliphatic rings. The largest absolute Gasteiger partial charge is 0.480 e. The highest BCUT2D eigenvalue weighted by Gasteiger charge is 2.26. The van der Waals surface area contributed by atoms with Gasteiger partial charge in [0, 0.05) is 6.54 Å². The van der Waals surface area contributed by atoms with Gasteiger partial charge in [0.25, 0.3) is 0 Å². The molecule has 0 aliphatic carbocycles. The fourth-order valence-electron chi connectivity index (χ4n) is 1.39. The molecule has 3 N–H and O–H groups in total. The van der Waals surface area contributed by atoms with E-state index < -0.39 is 24.1 Å². The third-order valence-corrected chi connectivity index (χ3v) is 2.26. The van der Waals surface area contributed by atoms with E-state index in [1.54, 1.807) is 0 Å². The normalized spacial score (nSPS) is 15.1. The molecule has 0 saturated carbocycles. The van der Waals surface area contributed by atoms with Gasteiger partial charge < -0.3 is 15.3 Å². The predicted octanol–water partition coefficient (Wildman–Crippen LogP) is -0.137. The third-order valence-electron chi connectivity index (χ3n) is 2.26. The van der Waals surface area contributed by atoms with Gasteiger partial charge in [0.15, 0.2) is 6.10 Å². The van der Waals surface area contributed by atoms with Crippen molar-refractivity contribution in [2.75, 3.05) is 13.6 Å². The van der Waals surface area contributed by atoms with Gasteiger partial charge in [-0.05, 0) is 19.4 Å². The molecule has 0 aromatic rings. The average Bonchev–Trinajstić information content (AvgIpc) is 2.12. The zero-order chi connectivity index (χ0) is 12.9. The Labute approximate surface area is 94.5 Å². The standard InChI is InChI=1S/C10H19NO5/c1-6(2)4-7(9(13)14)11(3)5-8(12)10(15)16/h6-8,12H,4-5H2,1-3H3,(H,13,14)(H,15,16)/t7-,8-/m0/s1. The summed E-state index contributed by atoms with van der Waals surface area (Å²) in [7, 11) is 1.49. The summed E-state index contributed by atoms with van der Waals surface area (Å²) in [6, 6.07) is -0.769. The van der Waals surface area contributed by atoms with Crippen molar-refractivity contribution < 1.29 is 24.9 Å². The lowest BCUT2D eigenvalue weighted by Gasteiger charge is -2.26. The zero-order valence-corrected chi connectivity index (χ0v) is 9.75. The lowest BCUT2D eigenvalue weighted by molar-refractivity contribution is -0.151. The van der Waals surface area contributed by atoms with Gasteiger partial charge in [-0.25, -0.2) is 4.79 Å². The molecule has 6 nitrogen and oxygen atoms in total. The molecule has 16 heavy (non-hydrogen) atoms. The second-order valence-corrected chi connectivity index (χ2v) is 4.28. The number of aliphatic carboxylic acids is 2. The molecule has 0 aromatic heterocycles. The Morgan fingerprint density at radius 2 is 1.69 bits per heavy atom. The molecule has 0 saturated heterocycles. The summed E-state index contributed by atoms with van der Waals surface area (Å²) in [4.78, 5) is 22.7. The number of carboxylic acid groups (broad SMARTS) is 2. The Morgan fingerprint density at radius 1 is 1.19 bits per heavy atom. The maximum Gasteiger partial charge on any atom is 0.333 e. The molecule has 94 valence electrons. The Balaban J connectivity index is 4.44. The Bertz CT molecular complexity index is 254. The van der Waals surface area contributed by atoms with Crippen molar-refractivity contribution in [1.29, 1.82) is 0 Å². The van der Waals surface area contributed by atoms with Gasteiger partial charge in [-0.2, -0.15) is 0 Å². The van der Waals surface area contributed by atoms with Crippen LogP contribution in [0.25, 0.3) is 0 Å². The highest BCUT2D eigenvalue weighted by Crippen LogP contribution is 2.11. The van der Waals surface area contributed by atoms with Gasteiger partial charge >= 0.3 is 11.9 Å². The van der Waals surface area contributed by atoms with Gasteiger partial charge in [-0.3, -0.25) is 9.69 Å². The van der Waals surface area contributed by atoms with E-state index in [0.29, 0.717) is 6.42 Å². The van der Waals surface area contributed by atoms with Gasteiger partial charge in [-0.15, -0.1) is 0 Å². The van der Waals surface area contributed by atoms with E-state index in [9.17, 15) is 9.59 Å². The van der Waals surface area contributed by atoms with Crippen LogP contribution in [0.5, 0.6) is 0 Å². The van der Waals surface area contributed by atoms with Crippen LogP contribution in [0.15, 0.2) is 0 Å². The van der Waals surface area contributed by atoms with Gasteiger partial charge in [0.05, 0.1) is 0 Å². The Kier molecular flexibility index (Phi) is 5.98. The summed E-state index contributed by atoms with van der Waals surface area (Å²) in [5.41, 5.74) is 0. The maximum absolute atomic E-state index is 11.0. The first-order valence-electron chi connectivity index (χ1n) is 5.09. The van der Waals surface area contributed by atoms with Crippen molar-refractivity contribution in [2.45, 2.75) is 32.4 Å². The van der Waals surface area contributed by atoms with Gasteiger partial charge in [-0.1, -0.05) is 13.8 Å². The molecule has 0 heterocycles. The second kappa shape index (κ2) is 6.44. The van der Waals surface area contributed by atoms with E-state index >= 15 is 0 Å². The first-order chi connectivity index (χ1) is 7.25. The van der Waals surface area contributed by atoms with E-state index in [4.69, 9.17) is 15.3 Å². The topological polar surface area (TPSA) is 98.1 Å². The van der Waals surface area contributed by atoms with Crippen molar-refractivity contribution in [3.63, 3.8) is 0 Å². The molecule has 0 unspecified atom stereocenters. The van der Waals surface area contributed by atoms with Gasteiger partial charge in [0.1, 0.15) is 6.04 Å². The van der Waals surface area contributed by atoms with Crippen molar-refractivity contribution in [1.82, 2.24) is 4.90 Å². The third kappa shape index (κ3) is 5.09. The molecule has 0 radical (unpaired) electrons. The number of nitrogens with zero attached hydrogens (tertiary/aromatic N) is 1. The molecule has 0 aliphatic heterocycles. The van der Waals surface area contributed by atoms with E-state index in [1.807, 2.05) is 13.8 Å². The minimum Gasteiger partial charge on any atom is -0.480 e. The highest BCUT2D eigenvalue weighted by atomic mass is 16.4. The van der Waals surface area contributed by atoms with Crippen LogP contribution >= 0.6 is 0 Å². The number of carboxylic acids is 2. The van der Waals surface area contributed by atoms with Crippen molar-refractivity contribution in [3.05, 3.63) is 0 Å². The molecule has 6 heteroatoms. The van der Waals surface area contributed by atoms with Crippen LogP contribution in [0.3, 0.4) is 0 Å². The van der Waals surface area contributed by atoms with Crippen LogP contribution in [0, 0.1) is 5.92 Å². The smallest absolute Gasteiger partial charge is 0.333 e. The molecule has 0 bridgehead atoms. The van der Waals surface area contributed by atoms with Gasteiger partial charge in [0.2, 0.25) is 0 Å². The molecular formula is C10H19NO5. The van der Waals surface area contributed by atoms with Crippen molar-refractivity contribution in [2.24, 2.45) is 5.92 Å². The average molecular weight is 233 g/mol. The van der Waals surface area contributed by atoms with Crippen LogP contribution in [0.2, 0.25) is 0 Å². The summed E-state index contributed by atoms with van der Waals surface area (Å²) in [5, 5.41) is 26.6. The zero-order valence-electron chi connectivity index (χ0n) is 9.75. The first kappa shape index (κ1) is 14.9. The van der Waals surface area contributed by atoms with E-state index in [2.05, 4.69) is 0 Å². The van der Waals surface area contributed by atoms with E-state index in [1.165, 1.54) is 11.9 Å². The molecule has 0 spiro atoms. The SMILES string of the molecule is CC(C)C[C@@H](C(=O)O)N(C)C[C@H](O)C(=O)O. The number of aliphatic hydroxyl groups excluding tert-OH is 1. The van der Waals surface area contributed by atoms with Crippen LogP contribution in [-0.4, -0.2) is 57.9 Å². The van der Waals surface area contributed by atoms with E-state index in [-0.39, 0.29) is 12.5 Å². The summed E-state index contributed by atoms with van der Waals surface area (Å²) < 4.78 is 0. The maximum atomic E-state index is 11.0. The highest BCUT2D eigenvalue weighted by molar-refractivity contribution is 5.74. The summed E-state index contributed by atoms with van der Waals surface area (Å²) in [6.45, 7) is 3.58. The fourth-order valence-corrected chi connectivity index (χ4v) is 1.39. The molecular weight excluding hydrogens is 214 g/mol. The number of aliphatic hydroxyl groups is 1. The summed E-state index contributed by atoms with van der Waals surface area (Å²) in [6.07, 6.45) is -1.14. The van der Waals surface area contributed by atoms with Crippen LogP contribution in [0.1, 0.15) is 20.3 Å². The van der Waals surface area contributed by atoms with Crippen molar-refractivity contribution >= 4 is 11.9 Å². The predicted molar refractivity (Wildman–Crippen MR) is 57.2 cm³/mol. The second-order valence-electron chi connectivity index (χ2n) is 4.28. The Morgan fingerprint density at radius 3 is 2.00 bits per heavy atom. The van der Waals surface area contributed by atoms with E-state index in [0.717, 1.165) is 0 Å². The molecule has 0 rings (SSSR count). The van der Waals surface area contributed by atoms with Crippen LogP contribution in [-0.2, 0) is 9.59 Å². The minimum atomic E-state index is -1.56. The number of carbonyl (C=O) groups is 2. The summed E-state index contributed by atoms with van der Waals surface area (Å²) >= 11 is 0. The number of likely N-dealkylation sites (N-methyl/N-ethyl adjacent to an activating group) is 1. The molecule has 0 aromatic carbocycles. The van der Waals surface area contributed by atoms with Crippen LogP contribution in [0.4, 0.5) is 0 Å². The number of hydrogen-bond donors (Lipinski definition) is 3. The molecule has 0 fully saturated rings. The monoisotopic (exact) mass is 233 g/mol. The lowest BCUT2D eigenvalue weighted by Crippen LogP contribution is -2.45. The molecule has 2 atom stereocenters. The minimum absolute atomic E-state index is 0.186. The Hall–Kier alpha value is -1.14.